The minimum atomic E-state index is -0.328. The molecular formula is C14H24N2O. The molecule has 0 aromatic heterocycles. The number of allylic oxidation sites excluding steroid dienone is 1. The number of carbonyl (C=O) groups is 1. The summed E-state index contributed by atoms with van der Waals surface area (Å²) in [4.78, 5) is 14.9. The number of Topliss-reactive ketones (excluding diaryl/α,β-unsaturated/α-hetero) is 1. The van der Waals surface area contributed by atoms with Crippen molar-refractivity contribution in [3.05, 3.63) is 11.6 Å². The topological polar surface area (TPSA) is 32.3 Å². The summed E-state index contributed by atoms with van der Waals surface area (Å²) in [6, 6.07) is 0. The smallest absolute Gasteiger partial charge is 0.178 e. The second kappa shape index (κ2) is 5.32. The molecule has 1 heterocycles. The van der Waals surface area contributed by atoms with Crippen molar-refractivity contribution in [2.45, 2.75) is 45.1 Å². The van der Waals surface area contributed by atoms with Gasteiger partial charge in [-0.25, -0.2) is 0 Å². The highest BCUT2D eigenvalue weighted by Crippen LogP contribution is 2.26. The summed E-state index contributed by atoms with van der Waals surface area (Å²) in [5.74, 6) is 0.346. The van der Waals surface area contributed by atoms with Crippen LogP contribution in [0, 0.1) is 0 Å². The summed E-state index contributed by atoms with van der Waals surface area (Å²) in [7, 11) is 0. The number of hydrogen-bond donors (Lipinski definition) is 1. The highest BCUT2D eigenvalue weighted by molar-refractivity contribution is 6.02. The molecule has 0 saturated carbocycles. The summed E-state index contributed by atoms with van der Waals surface area (Å²) in [6.45, 7) is 8.11. The molecule has 1 saturated heterocycles. The number of piperazine rings is 1. The second-order valence-corrected chi connectivity index (χ2v) is 5.60. The van der Waals surface area contributed by atoms with Crippen LogP contribution < -0.4 is 5.32 Å². The van der Waals surface area contributed by atoms with Gasteiger partial charge in [0.2, 0.25) is 0 Å². The van der Waals surface area contributed by atoms with Crippen LogP contribution in [0.25, 0.3) is 0 Å². The van der Waals surface area contributed by atoms with Gasteiger partial charge >= 0.3 is 0 Å². The zero-order chi connectivity index (χ0) is 12.3. The van der Waals surface area contributed by atoms with Crippen LogP contribution in [0.15, 0.2) is 11.6 Å². The van der Waals surface area contributed by atoms with Crippen LogP contribution >= 0.6 is 0 Å². The lowest BCUT2D eigenvalue weighted by molar-refractivity contribution is -0.126. The molecule has 0 aromatic carbocycles. The average molecular weight is 236 g/mol. The first-order valence-electron chi connectivity index (χ1n) is 6.82. The zero-order valence-corrected chi connectivity index (χ0v) is 11.1. The second-order valence-electron chi connectivity index (χ2n) is 5.60. The van der Waals surface area contributed by atoms with Crippen molar-refractivity contribution in [3.63, 3.8) is 0 Å². The van der Waals surface area contributed by atoms with Crippen molar-refractivity contribution >= 4 is 5.78 Å². The predicted molar refractivity (Wildman–Crippen MR) is 70.1 cm³/mol. The summed E-state index contributed by atoms with van der Waals surface area (Å²) in [5, 5.41) is 3.34. The van der Waals surface area contributed by atoms with Crippen molar-refractivity contribution in [2.75, 3.05) is 26.2 Å². The standard InChI is InChI=1S/C14H24N2O/c1-14(2,16-10-8-15-9-11-16)13(17)12-6-4-3-5-7-12/h6,15H,3-5,7-11H2,1-2H3. The molecule has 0 unspecified atom stereocenters. The molecule has 0 radical (unpaired) electrons. The third kappa shape index (κ3) is 2.78. The number of carbonyl (C=O) groups excluding carboxylic acids is 1. The minimum absolute atomic E-state index is 0.328. The molecule has 1 aliphatic carbocycles. The molecule has 2 rings (SSSR count). The lowest BCUT2D eigenvalue weighted by atomic mass is 9.85. The Kier molecular flexibility index (Phi) is 4.00. The third-order valence-electron chi connectivity index (χ3n) is 4.05. The van der Waals surface area contributed by atoms with Gasteiger partial charge in [0.25, 0.3) is 0 Å². The van der Waals surface area contributed by atoms with Crippen LogP contribution in [-0.4, -0.2) is 42.4 Å². The molecule has 17 heavy (non-hydrogen) atoms. The Morgan fingerprint density at radius 3 is 2.59 bits per heavy atom. The van der Waals surface area contributed by atoms with Crippen molar-refractivity contribution in [1.29, 1.82) is 0 Å². The average Bonchev–Trinajstić information content (AvgIpc) is 2.40. The summed E-state index contributed by atoms with van der Waals surface area (Å²) in [6.07, 6.45) is 6.64. The molecule has 1 aliphatic heterocycles. The predicted octanol–water partition coefficient (Wildman–Crippen LogP) is 1.74. The highest BCUT2D eigenvalue weighted by Gasteiger charge is 2.36. The van der Waals surface area contributed by atoms with Crippen molar-refractivity contribution in [3.8, 4) is 0 Å². The number of hydrogen-bond acceptors (Lipinski definition) is 3. The van der Waals surface area contributed by atoms with Crippen LogP contribution in [0.5, 0.6) is 0 Å². The molecule has 0 atom stereocenters. The Morgan fingerprint density at radius 1 is 1.29 bits per heavy atom. The lowest BCUT2D eigenvalue weighted by Crippen LogP contribution is -2.57. The van der Waals surface area contributed by atoms with E-state index in [-0.39, 0.29) is 5.54 Å². The molecule has 1 fully saturated rings. The largest absolute Gasteiger partial charge is 0.314 e. The fourth-order valence-electron chi connectivity index (χ4n) is 2.80. The third-order valence-corrected chi connectivity index (χ3v) is 4.05. The van der Waals surface area contributed by atoms with Gasteiger partial charge in [-0.05, 0) is 45.1 Å². The monoisotopic (exact) mass is 236 g/mol. The molecule has 2 aliphatic rings. The van der Waals surface area contributed by atoms with Gasteiger partial charge in [-0.15, -0.1) is 0 Å². The first kappa shape index (κ1) is 12.8. The Labute approximate surface area is 104 Å². The maximum Gasteiger partial charge on any atom is 0.178 e. The maximum absolute atomic E-state index is 12.6. The van der Waals surface area contributed by atoms with Crippen LogP contribution in [0.3, 0.4) is 0 Å². The Morgan fingerprint density at radius 2 is 2.00 bits per heavy atom. The van der Waals surface area contributed by atoms with Gasteiger partial charge in [-0.3, -0.25) is 9.69 Å². The van der Waals surface area contributed by atoms with E-state index < -0.39 is 0 Å². The molecule has 0 aromatic rings. The van der Waals surface area contributed by atoms with Gasteiger partial charge in [0.15, 0.2) is 5.78 Å². The molecule has 1 N–H and O–H groups in total. The Bertz CT molecular complexity index is 314. The van der Waals surface area contributed by atoms with E-state index in [1.54, 1.807) is 0 Å². The Hall–Kier alpha value is -0.670. The van der Waals surface area contributed by atoms with E-state index in [1.165, 1.54) is 12.8 Å². The van der Waals surface area contributed by atoms with E-state index in [9.17, 15) is 4.79 Å². The quantitative estimate of drug-likeness (QED) is 0.810. The number of ketones is 1. The van der Waals surface area contributed by atoms with Crippen LogP contribution in [0.1, 0.15) is 39.5 Å². The molecule has 0 amide bonds. The van der Waals surface area contributed by atoms with Gasteiger partial charge in [0.1, 0.15) is 0 Å². The van der Waals surface area contributed by atoms with E-state index in [4.69, 9.17) is 0 Å². The van der Waals surface area contributed by atoms with E-state index in [2.05, 4.69) is 30.1 Å². The molecule has 96 valence electrons. The van der Waals surface area contributed by atoms with Gasteiger partial charge in [0.05, 0.1) is 5.54 Å². The van der Waals surface area contributed by atoms with Gasteiger partial charge in [0, 0.05) is 26.2 Å². The molecule has 0 bridgehead atoms. The van der Waals surface area contributed by atoms with Crippen LogP contribution in [0.2, 0.25) is 0 Å². The maximum atomic E-state index is 12.6. The van der Waals surface area contributed by atoms with Gasteiger partial charge < -0.3 is 5.32 Å². The fourth-order valence-corrected chi connectivity index (χ4v) is 2.80. The zero-order valence-electron chi connectivity index (χ0n) is 11.1. The van der Waals surface area contributed by atoms with E-state index >= 15 is 0 Å². The number of nitrogens with one attached hydrogen (secondary N) is 1. The molecule has 3 nitrogen and oxygen atoms in total. The minimum Gasteiger partial charge on any atom is -0.314 e. The van der Waals surface area contributed by atoms with Gasteiger partial charge in [-0.2, -0.15) is 0 Å². The van der Waals surface area contributed by atoms with Gasteiger partial charge in [-0.1, -0.05) is 6.08 Å². The van der Waals surface area contributed by atoms with Crippen molar-refractivity contribution in [1.82, 2.24) is 10.2 Å². The normalized spacial score (nSPS) is 23.3. The van der Waals surface area contributed by atoms with Crippen molar-refractivity contribution in [2.24, 2.45) is 0 Å². The number of rotatable bonds is 3. The molecule has 3 heteroatoms. The van der Waals surface area contributed by atoms with E-state index in [0.29, 0.717) is 5.78 Å². The molecular weight excluding hydrogens is 212 g/mol. The first-order valence-corrected chi connectivity index (χ1v) is 6.82. The lowest BCUT2D eigenvalue weighted by Gasteiger charge is -2.40. The molecule has 0 spiro atoms. The summed E-state index contributed by atoms with van der Waals surface area (Å²) < 4.78 is 0. The highest BCUT2D eigenvalue weighted by atomic mass is 16.1. The summed E-state index contributed by atoms with van der Waals surface area (Å²) >= 11 is 0. The SMILES string of the molecule is CC(C)(C(=O)C1=CCCCC1)N1CCNCC1. The fraction of sp³-hybridized carbons (Fsp3) is 0.786. The Balaban J connectivity index is 2.07. The van der Waals surface area contributed by atoms with Crippen LogP contribution in [0.4, 0.5) is 0 Å². The van der Waals surface area contributed by atoms with Crippen molar-refractivity contribution < 1.29 is 4.79 Å². The number of nitrogens with zero attached hydrogens (tertiary/aromatic N) is 1. The van der Waals surface area contributed by atoms with E-state index in [1.807, 2.05) is 0 Å². The first-order chi connectivity index (χ1) is 8.12. The van der Waals surface area contributed by atoms with E-state index in [0.717, 1.165) is 44.6 Å². The van der Waals surface area contributed by atoms with Crippen LogP contribution in [-0.2, 0) is 4.79 Å². The summed E-state index contributed by atoms with van der Waals surface area (Å²) in [5.41, 5.74) is 0.741.